The van der Waals surface area contributed by atoms with Gasteiger partial charge in [0.2, 0.25) is 5.91 Å². The van der Waals surface area contributed by atoms with Crippen molar-refractivity contribution in [1.82, 2.24) is 10.2 Å². The van der Waals surface area contributed by atoms with E-state index in [1.165, 1.54) is 16.7 Å². The van der Waals surface area contributed by atoms with Crippen molar-refractivity contribution in [2.45, 2.75) is 62.3 Å². The number of nitrogens with zero attached hydrogens (tertiary/aromatic N) is 1. The van der Waals surface area contributed by atoms with E-state index in [4.69, 9.17) is 14.2 Å². The summed E-state index contributed by atoms with van der Waals surface area (Å²) < 4.78 is 17.2. The third-order valence-corrected chi connectivity index (χ3v) is 9.17. The molecular weight excluding hydrogens is 620 g/mol. The van der Waals surface area contributed by atoms with Crippen LogP contribution in [0.25, 0.3) is 0 Å². The van der Waals surface area contributed by atoms with Gasteiger partial charge in [0.1, 0.15) is 23.8 Å². The zero-order valence-corrected chi connectivity index (χ0v) is 26.8. The lowest BCUT2D eigenvalue weighted by atomic mass is 9.97. The Kier molecular flexibility index (Phi) is 11.7. The third kappa shape index (κ3) is 8.60. The molecule has 2 amide bonds. The summed E-state index contributed by atoms with van der Waals surface area (Å²) in [5.41, 5.74) is 1.89. The van der Waals surface area contributed by atoms with E-state index in [0.717, 1.165) is 11.1 Å². The number of aliphatic hydroxyl groups excluding tert-OH is 1. The minimum absolute atomic E-state index is 0.112. The molecule has 2 N–H and O–H groups in total. The second-order valence-electron chi connectivity index (χ2n) is 11.3. The minimum Gasteiger partial charge on any atom is -0.484 e. The first-order chi connectivity index (χ1) is 22.9. The van der Waals surface area contributed by atoms with E-state index in [1.54, 1.807) is 29.7 Å². The van der Waals surface area contributed by atoms with Gasteiger partial charge in [-0.2, -0.15) is 0 Å². The molecule has 3 aromatic rings. The Morgan fingerprint density at radius 2 is 1.55 bits per heavy atom. The summed E-state index contributed by atoms with van der Waals surface area (Å²) in [5.74, 6) is -1.57. The Labute approximate surface area is 278 Å². The van der Waals surface area contributed by atoms with Crippen molar-refractivity contribution in [1.29, 1.82) is 0 Å². The van der Waals surface area contributed by atoms with Gasteiger partial charge in [0, 0.05) is 12.0 Å². The van der Waals surface area contributed by atoms with Gasteiger partial charge in [0.15, 0.2) is 18.8 Å². The van der Waals surface area contributed by atoms with Gasteiger partial charge in [0.05, 0.1) is 6.10 Å². The number of rotatable bonds is 15. The predicted octanol–water partition coefficient (Wildman–Crippen LogP) is 4.54. The summed E-state index contributed by atoms with van der Waals surface area (Å²) in [6.07, 6.45) is 0.421. The topological polar surface area (TPSA) is 131 Å². The SMILES string of the molecule is CCC(O)CCCC(=O)OCC1=CS[C@H]2C(NC(=O)COc3ccccc3)C(=O)N2C1C(=O)OC(c1ccccc1)c1ccccc1. The van der Waals surface area contributed by atoms with E-state index in [1.807, 2.05) is 73.7 Å². The fourth-order valence-corrected chi connectivity index (χ4v) is 6.59. The van der Waals surface area contributed by atoms with Crippen molar-refractivity contribution in [3.8, 4) is 5.75 Å². The van der Waals surface area contributed by atoms with Crippen molar-refractivity contribution in [2.24, 2.45) is 0 Å². The quantitative estimate of drug-likeness (QED) is 0.179. The lowest BCUT2D eigenvalue weighted by Crippen LogP contribution is -2.74. The second kappa shape index (κ2) is 16.3. The lowest BCUT2D eigenvalue weighted by Gasteiger charge is -2.51. The van der Waals surface area contributed by atoms with Crippen LogP contribution >= 0.6 is 11.8 Å². The Morgan fingerprint density at radius 1 is 0.936 bits per heavy atom. The number of hydrogen-bond donors (Lipinski definition) is 2. The summed E-state index contributed by atoms with van der Waals surface area (Å²) in [6.45, 7) is 1.37. The second-order valence-corrected chi connectivity index (χ2v) is 12.3. The minimum atomic E-state index is -1.17. The molecule has 2 aliphatic rings. The largest absolute Gasteiger partial charge is 0.484 e. The van der Waals surface area contributed by atoms with Crippen LogP contribution in [0.4, 0.5) is 0 Å². The molecule has 5 rings (SSSR count). The van der Waals surface area contributed by atoms with E-state index < -0.39 is 53.4 Å². The Hall–Kier alpha value is -4.61. The monoisotopic (exact) mass is 658 g/mol. The van der Waals surface area contributed by atoms with E-state index in [0.29, 0.717) is 30.6 Å². The highest BCUT2D eigenvalue weighted by Crippen LogP contribution is 2.41. The molecule has 2 aliphatic heterocycles. The predicted molar refractivity (Wildman–Crippen MR) is 176 cm³/mol. The first-order valence-corrected chi connectivity index (χ1v) is 16.6. The number of carbonyl (C=O) groups excluding carboxylic acids is 4. The highest BCUT2D eigenvalue weighted by molar-refractivity contribution is 8.03. The third-order valence-electron chi connectivity index (χ3n) is 7.95. The Bertz CT molecular complexity index is 1510. The summed E-state index contributed by atoms with van der Waals surface area (Å²) in [6, 6.07) is 25.4. The van der Waals surface area contributed by atoms with E-state index in [9.17, 15) is 24.3 Å². The molecule has 47 heavy (non-hydrogen) atoms. The molecule has 1 fully saturated rings. The van der Waals surface area contributed by atoms with Crippen molar-refractivity contribution in [2.75, 3.05) is 13.2 Å². The molecule has 3 aromatic carbocycles. The van der Waals surface area contributed by atoms with E-state index in [-0.39, 0.29) is 19.6 Å². The summed E-state index contributed by atoms with van der Waals surface area (Å²) in [5, 5.41) is 13.6. The number of aliphatic hydroxyl groups is 1. The highest BCUT2D eigenvalue weighted by atomic mass is 32.2. The van der Waals surface area contributed by atoms with Crippen molar-refractivity contribution >= 4 is 35.5 Å². The molecule has 0 bridgehead atoms. The smallest absolute Gasteiger partial charge is 0.334 e. The molecule has 246 valence electrons. The number of hydrogen-bond acceptors (Lipinski definition) is 9. The average molecular weight is 659 g/mol. The number of nitrogens with one attached hydrogen (secondary N) is 1. The summed E-state index contributed by atoms with van der Waals surface area (Å²) in [4.78, 5) is 54.3. The van der Waals surface area contributed by atoms with Crippen LogP contribution in [0.5, 0.6) is 5.75 Å². The fraction of sp³-hybridized carbons (Fsp3) is 0.333. The average Bonchev–Trinajstić information content (AvgIpc) is 3.11. The van der Waals surface area contributed by atoms with Crippen LogP contribution in [-0.2, 0) is 28.7 Å². The first kappa shape index (κ1) is 33.7. The van der Waals surface area contributed by atoms with Gasteiger partial charge in [-0.15, -0.1) is 11.8 Å². The number of para-hydroxylation sites is 1. The zero-order chi connectivity index (χ0) is 33.2. The summed E-state index contributed by atoms with van der Waals surface area (Å²) >= 11 is 1.25. The van der Waals surface area contributed by atoms with Crippen LogP contribution in [0.15, 0.2) is 102 Å². The number of esters is 2. The normalized spacial score (nSPS) is 19.1. The van der Waals surface area contributed by atoms with Crippen LogP contribution in [0.2, 0.25) is 0 Å². The van der Waals surface area contributed by atoms with Gasteiger partial charge in [-0.3, -0.25) is 14.4 Å². The zero-order valence-electron chi connectivity index (χ0n) is 26.0. The van der Waals surface area contributed by atoms with Crippen LogP contribution in [0, 0.1) is 0 Å². The number of benzene rings is 3. The van der Waals surface area contributed by atoms with Gasteiger partial charge in [-0.1, -0.05) is 85.8 Å². The molecule has 2 heterocycles. The molecule has 0 radical (unpaired) electrons. The fourth-order valence-electron chi connectivity index (χ4n) is 5.38. The molecule has 4 atom stereocenters. The standard InChI is InChI=1S/C36H38N2O8S/c1-2-27(39)17-12-20-30(41)45-21-26-23-47-35-31(37-29(40)22-44-28-18-10-5-11-19-28)34(42)38(35)32(26)36(43)46-33(24-13-6-3-7-14-24)25-15-8-4-9-16-25/h3-11,13-16,18-19,23,27,31-33,35,39H,2,12,17,20-22H2,1H3,(H,37,40)/t27?,31?,32?,35-/m0/s1. The van der Waals surface area contributed by atoms with Gasteiger partial charge >= 0.3 is 11.9 Å². The van der Waals surface area contributed by atoms with Crippen LogP contribution < -0.4 is 10.1 Å². The maximum Gasteiger partial charge on any atom is 0.334 e. The number of amides is 2. The number of carbonyl (C=O) groups is 4. The number of thioether (sulfide) groups is 1. The Morgan fingerprint density at radius 3 is 2.17 bits per heavy atom. The van der Waals surface area contributed by atoms with Gasteiger partial charge in [0.25, 0.3) is 5.91 Å². The maximum atomic E-state index is 14.1. The highest BCUT2D eigenvalue weighted by Gasteiger charge is 2.56. The molecule has 10 nitrogen and oxygen atoms in total. The van der Waals surface area contributed by atoms with Crippen LogP contribution in [0.1, 0.15) is 49.8 Å². The number of ether oxygens (including phenoxy) is 3. The molecule has 0 spiro atoms. The first-order valence-electron chi connectivity index (χ1n) is 15.6. The van der Waals surface area contributed by atoms with Crippen LogP contribution in [-0.4, -0.2) is 70.5 Å². The van der Waals surface area contributed by atoms with Gasteiger partial charge < -0.3 is 29.5 Å². The Balaban J connectivity index is 1.32. The van der Waals surface area contributed by atoms with E-state index in [2.05, 4.69) is 5.32 Å². The van der Waals surface area contributed by atoms with Gasteiger partial charge in [-0.05, 0) is 47.9 Å². The lowest BCUT2D eigenvalue weighted by molar-refractivity contribution is -0.166. The van der Waals surface area contributed by atoms with E-state index >= 15 is 0 Å². The molecule has 0 aliphatic carbocycles. The summed E-state index contributed by atoms with van der Waals surface area (Å²) in [7, 11) is 0. The number of β-lactam (4-membered cyclic amide) rings is 1. The molecule has 0 saturated carbocycles. The molecule has 3 unspecified atom stereocenters. The van der Waals surface area contributed by atoms with Crippen molar-refractivity contribution in [3.05, 3.63) is 113 Å². The number of fused-ring (bicyclic) bond motifs is 1. The molecule has 1 saturated heterocycles. The van der Waals surface area contributed by atoms with Crippen LogP contribution in [0.3, 0.4) is 0 Å². The maximum absolute atomic E-state index is 14.1. The van der Waals surface area contributed by atoms with Crippen molar-refractivity contribution in [3.63, 3.8) is 0 Å². The molecule has 0 aromatic heterocycles. The van der Waals surface area contributed by atoms with Crippen molar-refractivity contribution < 1.29 is 38.5 Å². The van der Waals surface area contributed by atoms with Gasteiger partial charge in [-0.25, -0.2) is 4.79 Å². The molecular formula is C36H38N2O8S. The molecule has 11 heteroatoms.